The Morgan fingerprint density at radius 1 is 1.26 bits per heavy atom. The Morgan fingerprint density at radius 2 is 2.11 bits per heavy atom. The number of nitrogens with two attached hydrogens (primary N) is 1. The standard InChI is InChI=1S/C14H18N4O/c1-2-3-12-7-14(18-9-17-12)16-8-10-6-11(15)4-5-13(10)19/h4-7,9,19H,2-3,8,15H2,1H3,(H,16,17,18). The van der Waals surface area contributed by atoms with E-state index in [1.54, 1.807) is 24.5 Å². The SMILES string of the molecule is CCCc1cc(NCc2cc(N)ccc2O)ncn1. The molecule has 0 aliphatic carbocycles. The second-order valence-corrected chi connectivity index (χ2v) is 4.39. The van der Waals surface area contributed by atoms with E-state index in [0.717, 1.165) is 29.9 Å². The van der Waals surface area contributed by atoms with Crippen molar-refractivity contribution in [1.82, 2.24) is 9.97 Å². The van der Waals surface area contributed by atoms with Crippen molar-refractivity contribution in [1.29, 1.82) is 0 Å². The molecule has 1 aromatic heterocycles. The highest BCUT2D eigenvalue weighted by Crippen LogP contribution is 2.20. The number of nitrogens with one attached hydrogen (secondary N) is 1. The maximum atomic E-state index is 9.72. The van der Waals surface area contributed by atoms with Crippen LogP contribution in [0.15, 0.2) is 30.6 Å². The molecule has 0 aliphatic rings. The summed E-state index contributed by atoms with van der Waals surface area (Å²) in [6.07, 6.45) is 3.53. The number of nitrogens with zero attached hydrogens (tertiary/aromatic N) is 2. The van der Waals surface area contributed by atoms with Gasteiger partial charge in [-0.1, -0.05) is 13.3 Å². The Hall–Kier alpha value is -2.30. The summed E-state index contributed by atoms with van der Waals surface area (Å²) in [6.45, 7) is 2.58. The van der Waals surface area contributed by atoms with Crippen LogP contribution in [0.1, 0.15) is 24.6 Å². The molecule has 19 heavy (non-hydrogen) atoms. The molecule has 0 unspecified atom stereocenters. The Morgan fingerprint density at radius 3 is 2.89 bits per heavy atom. The molecule has 0 saturated heterocycles. The summed E-state index contributed by atoms with van der Waals surface area (Å²) < 4.78 is 0. The molecule has 2 aromatic rings. The molecule has 5 heteroatoms. The van der Waals surface area contributed by atoms with E-state index in [-0.39, 0.29) is 5.75 Å². The van der Waals surface area contributed by atoms with Gasteiger partial charge in [-0.3, -0.25) is 0 Å². The van der Waals surface area contributed by atoms with Crippen LogP contribution in [-0.2, 0) is 13.0 Å². The predicted molar refractivity (Wildman–Crippen MR) is 75.9 cm³/mol. The number of anilines is 2. The van der Waals surface area contributed by atoms with Gasteiger partial charge in [0.15, 0.2) is 0 Å². The maximum Gasteiger partial charge on any atom is 0.129 e. The summed E-state index contributed by atoms with van der Waals surface area (Å²) in [5.74, 6) is 0.977. The molecular weight excluding hydrogens is 240 g/mol. The van der Waals surface area contributed by atoms with Gasteiger partial charge in [-0.25, -0.2) is 9.97 Å². The quantitative estimate of drug-likeness (QED) is 0.566. The molecule has 0 aliphatic heterocycles. The van der Waals surface area contributed by atoms with E-state index in [1.807, 2.05) is 6.07 Å². The third-order valence-corrected chi connectivity index (χ3v) is 2.79. The molecule has 5 nitrogen and oxygen atoms in total. The van der Waals surface area contributed by atoms with Gasteiger partial charge in [0.25, 0.3) is 0 Å². The third-order valence-electron chi connectivity index (χ3n) is 2.79. The van der Waals surface area contributed by atoms with Gasteiger partial charge in [0.2, 0.25) is 0 Å². The van der Waals surface area contributed by atoms with Crippen LogP contribution < -0.4 is 11.1 Å². The number of aromatic hydroxyl groups is 1. The van der Waals surface area contributed by atoms with Gasteiger partial charge in [-0.15, -0.1) is 0 Å². The van der Waals surface area contributed by atoms with Gasteiger partial charge in [-0.2, -0.15) is 0 Å². The Kier molecular flexibility index (Phi) is 4.18. The molecule has 0 spiro atoms. The maximum absolute atomic E-state index is 9.72. The summed E-state index contributed by atoms with van der Waals surface area (Å²) in [5.41, 5.74) is 8.08. The topological polar surface area (TPSA) is 84.1 Å². The van der Waals surface area contributed by atoms with Gasteiger partial charge in [-0.05, 0) is 24.6 Å². The van der Waals surface area contributed by atoms with Crippen LogP contribution in [-0.4, -0.2) is 15.1 Å². The smallest absolute Gasteiger partial charge is 0.129 e. The summed E-state index contributed by atoms with van der Waals surface area (Å²) in [6, 6.07) is 6.93. The largest absolute Gasteiger partial charge is 0.508 e. The van der Waals surface area contributed by atoms with Crippen LogP contribution in [0, 0.1) is 0 Å². The second kappa shape index (κ2) is 6.04. The van der Waals surface area contributed by atoms with Crippen LogP contribution in [0.5, 0.6) is 5.75 Å². The first-order valence-corrected chi connectivity index (χ1v) is 6.31. The Labute approximate surface area is 112 Å². The van der Waals surface area contributed by atoms with Gasteiger partial charge < -0.3 is 16.2 Å². The lowest BCUT2D eigenvalue weighted by Crippen LogP contribution is -2.03. The van der Waals surface area contributed by atoms with Crippen LogP contribution in [0.4, 0.5) is 11.5 Å². The zero-order valence-corrected chi connectivity index (χ0v) is 10.9. The van der Waals surface area contributed by atoms with Crippen LogP contribution in [0.2, 0.25) is 0 Å². The fourth-order valence-electron chi connectivity index (χ4n) is 1.82. The predicted octanol–water partition coefficient (Wildman–Crippen LogP) is 2.33. The fourth-order valence-corrected chi connectivity index (χ4v) is 1.82. The Balaban J connectivity index is 2.05. The lowest BCUT2D eigenvalue weighted by atomic mass is 10.2. The molecule has 2 rings (SSSR count). The number of hydrogen-bond donors (Lipinski definition) is 3. The highest BCUT2D eigenvalue weighted by atomic mass is 16.3. The highest BCUT2D eigenvalue weighted by molar-refractivity contribution is 5.48. The van der Waals surface area contributed by atoms with Crippen molar-refractivity contribution < 1.29 is 5.11 Å². The van der Waals surface area contributed by atoms with Crippen molar-refractivity contribution in [3.05, 3.63) is 41.9 Å². The van der Waals surface area contributed by atoms with E-state index < -0.39 is 0 Å². The third kappa shape index (κ3) is 3.58. The number of hydrogen-bond acceptors (Lipinski definition) is 5. The zero-order valence-electron chi connectivity index (χ0n) is 10.9. The fraction of sp³-hybridized carbons (Fsp3) is 0.286. The van der Waals surface area contributed by atoms with E-state index in [1.165, 1.54) is 0 Å². The molecular formula is C14H18N4O. The van der Waals surface area contributed by atoms with Crippen molar-refractivity contribution in [3.63, 3.8) is 0 Å². The number of phenolic OH excluding ortho intramolecular Hbond substituents is 1. The number of nitrogen functional groups attached to an aromatic ring is 1. The minimum atomic E-state index is 0.226. The van der Waals surface area contributed by atoms with Crippen molar-refractivity contribution in [3.8, 4) is 5.75 Å². The van der Waals surface area contributed by atoms with E-state index >= 15 is 0 Å². The Bertz CT molecular complexity index is 557. The van der Waals surface area contributed by atoms with E-state index in [4.69, 9.17) is 5.73 Å². The normalized spacial score (nSPS) is 10.4. The first kappa shape index (κ1) is 13.1. The number of benzene rings is 1. The van der Waals surface area contributed by atoms with E-state index in [9.17, 15) is 5.11 Å². The first-order valence-electron chi connectivity index (χ1n) is 6.31. The van der Waals surface area contributed by atoms with Crippen LogP contribution in [0.3, 0.4) is 0 Å². The molecule has 0 bridgehead atoms. The molecule has 0 fully saturated rings. The van der Waals surface area contributed by atoms with Crippen molar-refractivity contribution in [2.24, 2.45) is 0 Å². The second-order valence-electron chi connectivity index (χ2n) is 4.39. The first-order chi connectivity index (χ1) is 9.19. The minimum absolute atomic E-state index is 0.226. The van der Waals surface area contributed by atoms with Gasteiger partial charge in [0.05, 0.1) is 0 Å². The molecule has 0 atom stereocenters. The molecule has 1 aromatic carbocycles. The lowest BCUT2D eigenvalue weighted by Gasteiger charge is -2.09. The summed E-state index contributed by atoms with van der Waals surface area (Å²) in [4.78, 5) is 8.35. The van der Waals surface area contributed by atoms with Crippen molar-refractivity contribution in [2.45, 2.75) is 26.3 Å². The van der Waals surface area contributed by atoms with E-state index in [2.05, 4.69) is 22.2 Å². The molecule has 1 heterocycles. The average Bonchev–Trinajstić information content (AvgIpc) is 2.41. The monoisotopic (exact) mass is 258 g/mol. The summed E-state index contributed by atoms with van der Waals surface area (Å²) >= 11 is 0. The van der Waals surface area contributed by atoms with Gasteiger partial charge in [0, 0.05) is 29.6 Å². The number of aryl methyl sites for hydroxylation is 1. The highest BCUT2D eigenvalue weighted by Gasteiger charge is 2.03. The van der Waals surface area contributed by atoms with Crippen molar-refractivity contribution in [2.75, 3.05) is 11.1 Å². The van der Waals surface area contributed by atoms with Gasteiger partial charge >= 0.3 is 0 Å². The van der Waals surface area contributed by atoms with E-state index in [0.29, 0.717) is 12.2 Å². The lowest BCUT2D eigenvalue weighted by molar-refractivity contribution is 0.469. The zero-order chi connectivity index (χ0) is 13.7. The van der Waals surface area contributed by atoms with Crippen LogP contribution >= 0.6 is 0 Å². The summed E-state index contributed by atoms with van der Waals surface area (Å²) in [5, 5.41) is 12.9. The molecule has 100 valence electrons. The average molecular weight is 258 g/mol. The molecule has 0 saturated carbocycles. The number of phenols is 1. The van der Waals surface area contributed by atoms with Crippen molar-refractivity contribution >= 4 is 11.5 Å². The van der Waals surface area contributed by atoms with Crippen LogP contribution in [0.25, 0.3) is 0 Å². The molecule has 4 N–H and O–H groups in total. The molecule has 0 radical (unpaired) electrons. The summed E-state index contributed by atoms with van der Waals surface area (Å²) in [7, 11) is 0. The minimum Gasteiger partial charge on any atom is -0.508 e. The molecule has 0 amide bonds. The number of aromatic nitrogens is 2. The van der Waals surface area contributed by atoms with Gasteiger partial charge in [0.1, 0.15) is 17.9 Å². The number of rotatable bonds is 5.